The molecule has 100 valence electrons. The quantitative estimate of drug-likeness (QED) is 0.815. The van der Waals surface area contributed by atoms with E-state index < -0.39 is 5.54 Å². The number of amides is 1. The first-order valence-electron chi connectivity index (χ1n) is 6.09. The Morgan fingerprint density at radius 3 is 2.50 bits per heavy atom. The summed E-state index contributed by atoms with van der Waals surface area (Å²) in [6.07, 6.45) is 1.47. The molecule has 0 fully saturated rings. The van der Waals surface area contributed by atoms with Crippen molar-refractivity contribution >= 4 is 5.91 Å². The standard InChI is InChI=1S/C14H20FNO2/c1-14(2,9-10-17)16-13(18)8-5-11-3-6-12(15)7-4-11/h3-4,6-7,17H,5,8-10H2,1-2H3,(H,16,18). The molecule has 0 saturated heterocycles. The number of carbonyl (C=O) groups is 1. The first kappa shape index (κ1) is 14.6. The number of aliphatic hydroxyl groups excluding tert-OH is 1. The van der Waals surface area contributed by atoms with Gasteiger partial charge in [0, 0.05) is 18.6 Å². The molecule has 0 aliphatic carbocycles. The molecule has 1 rings (SSSR count). The highest BCUT2D eigenvalue weighted by Crippen LogP contribution is 2.09. The number of carbonyl (C=O) groups excluding carboxylic acids is 1. The lowest BCUT2D eigenvalue weighted by Crippen LogP contribution is -2.44. The Hall–Kier alpha value is -1.42. The van der Waals surface area contributed by atoms with Crippen molar-refractivity contribution in [1.29, 1.82) is 0 Å². The first-order chi connectivity index (χ1) is 8.43. The van der Waals surface area contributed by atoms with Crippen molar-refractivity contribution in [1.82, 2.24) is 5.32 Å². The molecule has 2 N–H and O–H groups in total. The molecular formula is C14H20FNO2. The minimum absolute atomic E-state index is 0.0469. The Labute approximate surface area is 107 Å². The molecule has 0 aliphatic rings. The minimum Gasteiger partial charge on any atom is -0.396 e. The van der Waals surface area contributed by atoms with Crippen LogP contribution in [0, 0.1) is 5.82 Å². The number of aryl methyl sites for hydroxylation is 1. The molecule has 1 amide bonds. The third-order valence-corrected chi connectivity index (χ3v) is 2.77. The fraction of sp³-hybridized carbons (Fsp3) is 0.500. The Balaban J connectivity index is 2.39. The highest BCUT2D eigenvalue weighted by molar-refractivity contribution is 5.76. The molecule has 0 atom stereocenters. The lowest BCUT2D eigenvalue weighted by Gasteiger charge is -2.25. The Morgan fingerprint density at radius 1 is 1.33 bits per heavy atom. The number of aliphatic hydroxyl groups is 1. The van der Waals surface area contributed by atoms with E-state index in [1.165, 1.54) is 12.1 Å². The number of nitrogens with one attached hydrogen (secondary N) is 1. The van der Waals surface area contributed by atoms with Gasteiger partial charge in [-0.3, -0.25) is 4.79 Å². The molecule has 0 spiro atoms. The largest absolute Gasteiger partial charge is 0.396 e. The molecule has 0 aliphatic heterocycles. The van der Waals surface area contributed by atoms with Gasteiger partial charge >= 0.3 is 0 Å². The van der Waals surface area contributed by atoms with E-state index in [0.29, 0.717) is 19.3 Å². The minimum atomic E-state index is -0.394. The van der Waals surface area contributed by atoms with Gasteiger partial charge in [-0.2, -0.15) is 0 Å². The van der Waals surface area contributed by atoms with Crippen LogP contribution in [0.3, 0.4) is 0 Å². The van der Waals surface area contributed by atoms with Gasteiger partial charge in [0.1, 0.15) is 5.82 Å². The summed E-state index contributed by atoms with van der Waals surface area (Å²) in [5.74, 6) is -0.329. The van der Waals surface area contributed by atoms with Crippen molar-refractivity contribution in [2.24, 2.45) is 0 Å². The van der Waals surface area contributed by atoms with Gasteiger partial charge in [-0.15, -0.1) is 0 Å². The van der Waals surface area contributed by atoms with E-state index in [1.54, 1.807) is 12.1 Å². The summed E-state index contributed by atoms with van der Waals surface area (Å²) in [5, 5.41) is 11.7. The summed E-state index contributed by atoms with van der Waals surface area (Å²) in [6, 6.07) is 6.15. The van der Waals surface area contributed by atoms with Crippen LogP contribution in [-0.4, -0.2) is 23.2 Å². The zero-order valence-corrected chi connectivity index (χ0v) is 10.9. The summed E-state index contributed by atoms with van der Waals surface area (Å²) in [6.45, 7) is 3.79. The van der Waals surface area contributed by atoms with Gasteiger partial charge in [-0.1, -0.05) is 12.1 Å². The van der Waals surface area contributed by atoms with E-state index in [2.05, 4.69) is 5.32 Å². The smallest absolute Gasteiger partial charge is 0.220 e. The second-order valence-electron chi connectivity index (χ2n) is 5.03. The van der Waals surface area contributed by atoms with Crippen molar-refractivity contribution < 1.29 is 14.3 Å². The maximum Gasteiger partial charge on any atom is 0.220 e. The van der Waals surface area contributed by atoms with Gasteiger partial charge in [0.25, 0.3) is 0 Å². The molecule has 18 heavy (non-hydrogen) atoms. The monoisotopic (exact) mass is 253 g/mol. The van der Waals surface area contributed by atoms with Crippen molar-refractivity contribution in [3.8, 4) is 0 Å². The van der Waals surface area contributed by atoms with Crippen LogP contribution >= 0.6 is 0 Å². The summed E-state index contributed by atoms with van der Waals surface area (Å²) in [4.78, 5) is 11.7. The van der Waals surface area contributed by atoms with Crippen molar-refractivity contribution in [2.75, 3.05) is 6.61 Å². The normalized spacial score (nSPS) is 11.3. The van der Waals surface area contributed by atoms with Crippen LogP contribution in [0.4, 0.5) is 4.39 Å². The second-order valence-corrected chi connectivity index (χ2v) is 5.03. The number of rotatable bonds is 6. The van der Waals surface area contributed by atoms with Crippen molar-refractivity contribution in [2.45, 2.75) is 38.6 Å². The Morgan fingerprint density at radius 2 is 1.94 bits per heavy atom. The molecule has 0 saturated carbocycles. The topological polar surface area (TPSA) is 49.3 Å². The van der Waals surface area contributed by atoms with Crippen molar-refractivity contribution in [3.63, 3.8) is 0 Å². The fourth-order valence-electron chi connectivity index (χ4n) is 1.69. The third-order valence-electron chi connectivity index (χ3n) is 2.77. The number of hydrogen-bond acceptors (Lipinski definition) is 2. The molecular weight excluding hydrogens is 233 g/mol. The molecule has 0 radical (unpaired) electrons. The summed E-state index contributed by atoms with van der Waals surface area (Å²) >= 11 is 0. The van der Waals surface area contributed by atoms with Gasteiger partial charge in [0.15, 0.2) is 0 Å². The molecule has 0 aromatic heterocycles. The van der Waals surface area contributed by atoms with E-state index in [1.807, 2.05) is 13.8 Å². The zero-order valence-electron chi connectivity index (χ0n) is 10.9. The molecule has 0 unspecified atom stereocenters. The van der Waals surface area contributed by atoms with Crippen LogP contribution in [0.1, 0.15) is 32.3 Å². The highest BCUT2D eigenvalue weighted by Gasteiger charge is 2.19. The van der Waals surface area contributed by atoms with Gasteiger partial charge in [0.2, 0.25) is 5.91 Å². The highest BCUT2D eigenvalue weighted by atomic mass is 19.1. The summed E-state index contributed by atoms with van der Waals surface area (Å²) < 4.78 is 12.7. The van der Waals surface area contributed by atoms with E-state index in [0.717, 1.165) is 5.56 Å². The Bertz CT molecular complexity index is 387. The maximum atomic E-state index is 12.7. The van der Waals surface area contributed by atoms with E-state index >= 15 is 0 Å². The lowest BCUT2D eigenvalue weighted by molar-refractivity contribution is -0.122. The van der Waals surface area contributed by atoms with Crippen LogP contribution in [0.15, 0.2) is 24.3 Å². The average Bonchev–Trinajstić information content (AvgIpc) is 2.27. The van der Waals surface area contributed by atoms with E-state index in [-0.39, 0.29) is 18.3 Å². The third kappa shape index (κ3) is 5.27. The maximum absolute atomic E-state index is 12.7. The molecule has 1 aromatic rings. The Kier molecular flexibility index (Phi) is 5.28. The van der Waals surface area contributed by atoms with Crippen LogP contribution < -0.4 is 5.32 Å². The second kappa shape index (κ2) is 6.50. The van der Waals surface area contributed by atoms with Gasteiger partial charge in [-0.25, -0.2) is 4.39 Å². The predicted octanol–water partition coefficient (Wildman–Crippen LogP) is 2.04. The SMILES string of the molecule is CC(C)(CCO)NC(=O)CCc1ccc(F)cc1. The summed E-state index contributed by atoms with van der Waals surface area (Å²) in [5.41, 5.74) is 0.542. The molecule has 3 nitrogen and oxygen atoms in total. The summed E-state index contributed by atoms with van der Waals surface area (Å²) in [7, 11) is 0. The zero-order chi connectivity index (χ0) is 13.6. The van der Waals surface area contributed by atoms with Crippen LogP contribution in [-0.2, 0) is 11.2 Å². The molecule has 1 aromatic carbocycles. The van der Waals surface area contributed by atoms with E-state index in [4.69, 9.17) is 5.11 Å². The van der Waals surface area contributed by atoms with Crippen molar-refractivity contribution in [3.05, 3.63) is 35.6 Å². The van der Waals surface area contributed by atoms with Crippen LogP contribution in [0.2, 0.25) is 0 Å². The lowest BCUT2D eigenvalue weighted by atomic mass is 10.0. The average molecular weight is 253 g/mol. The van der Waals surface area contributed by atoms with Gasteiger partial charge in [-0.05, 0) is 44.4 Å². The van der Waals surface area contributed by atoms with Gasteiger partial charge in [0.05, 0.1) is 0 Å². The van der Waals surface area contributed by atoms with Gasteiger partial charge < -0.3 is 10.4 Å². The van der Waals surface area contributed by atoms with E-state index in [9.17, 15) is 9.18 Å². The first-order valence-corrected chi connectivity index (χ1v) is 6.09. The predicted molar refractivity (Wildman–Crippen MR) is 68.6 cm³/mol. The fourth-order valence-corrected chi connectivity index (χ4v) is 1.69. The molecule has 0 heterocycles. The number of halogens is 1. The van der Waals surface area contributed by atoms with Crippen LogP contribution in [0.25, 0.3) is 0 Å². The molecule has 0 bridgehead atoms. The number of benzene rings is 1. The molecule has 4 heteroatoms. The number of hydrogen-bond donors (Lipinski definition) is 2. The van der Waals surface area contributed by atoms with Crippen LogP contribution in [0.5, 0.6) is 0 Å².